The Balaban J connectivity index is 1.17. The molecular formula is C24H30N4O2. The Labute approximate surface area is 177 Å². The minimum Gasteiger partial charge on any atom is -0.424 e. The summed E-state index contributed by atoms with van der Waals surface area (Å²) in [4.78, 5) is 16.5. The summed E-state index contributed by atoms with van der Waals surface area (Å²) < 4.78 is 5.89. The van der Waals surface area contributed by atoms with Crippen LogP contribution in [-0.2, 0) is 6.42 Å². The summed E-state index contributed by atoms with van der Waals surface area (Å²) in [6, 6.07) is 16.2. The molecule has 0 radical (unpaired) electrons. The van der Waals surface area contributed by atoms with E-state index in [2.05, 4.69) is 33.1 Å². The third-order valence-corrected chi connectivity index (χ3v) is 5.62. The predicted octanol–water partition coefficient (Wildman–Crippen LogP) is 3.99. The van der Waals surface area contributed by atoms with E-state index in [9.17, 15) is 4.79 Å². The first-order valence-electron chi connectivity index (χ1n) is 11.0. The maximum atomic E-state index is 12.0. The first-order valence-corrected chi connectivity index (χ1v) is 11.0. The molecular weight excluding hydrogens is 376 g/mol. The fourth-order valence-electron chi connectivity index (χ4n) is 3.84. The van der Waals surface area contributed by atoms with Crippen LogP contribution in [0.1, 0.15) is 41.6 Å². The molecule has 0 aliphatic carbocycles. The number of anilines is 1. The van der Waals surface area contributed by atoms with Crippen LogP contribution in [0.3, 0.4) is 0 Å². The van der Waals surface area contributed by atoms with E-state index in [1.54, 1.807) is 0 Å². The third kappa shape index (κ3) is 5.60. The van der Waals surface area contributed by atoms with Gasteiger partial charge >= 0.3 is 0 Å². The Morgan fingerprint density at radius 1 is 1.13 bits per heavy atom. The highest BCUT2D eigenvalue weighted by Crippen LogP contribution is 2.22. The van der Waals surface area contributed by atoms with Crippen molar-refractivity contribution < 1.29 is 9.21 Å². The molecule has 1 amide bonds. The van der Waals surface area contributed by atoms with Crippen LogP contribution in [0, 0.1) is 5.92 Å². The molecule has 158 valence electrons. The zero-order valence-electron chi connectivity index (χ0n) is 17.3. The second-order valence-electron chi connectivity index (χ2n) is 7.99. The number of unbranched alkanes of at least 4 members (excludes halogenated alkanes) is 2. The monoisotopic (exact) mass is 406 g/mol. The minimum absolute atomic E-state index is 0.0000197. The van der Waals surface area contributed by atoms with Crippen LogP contribution in [0.5, 0.6) is 0 Å². The number of carbonyl (C=O) groups is 1. The fourth-order valence-corrected chi connectivity index (χ4v) is 3.84. The summed E-state index contributed by atoms with van der Waals surface area (Å²) in [5.41, 5.74) is 3.72. The average Bonchev–Trinajstić information content (AvgIpc) is 3.44. The number of aryl methyl sites for hydroxylation is 1. The molecule has 1 aliphatic heterocycles. The van der Waals surface area contributed by atoms with Gasteiger partial charge in [0, 0.05) is 18.7 Å². The molecule has 0 spiro atoms. The van der Waals surface area contributed by atoms with Gasteiger partial charge < -0.3 is 20.4 Å². The lowest BCUT2D eigenvalue weighted by atomic mass is 10.1. The molecule has 6 heteroatoms. The van der Waals surface area contributed by atoms with E-state index in [0.717, 1.165) is 56.4 Å². The van der Waals surface area contributed by atoms with Crippen molar-refractivity contribution in [2.45, 2.75) is 32.1 Å². The smallest absolute Gasteiger partial charge is 0.295 e. The molecule has 1 fully saturated rings. The zero-order valence-corrected chi connectivity index (χ0v) is 17.3. The molecule has 2 aromatic carbocycles. The fraction of sp³-hybridized carbons (Fsp3) is 0.417. The van der Waals surface area contributed by atoms with Gasteiger partial charge in [-0.25, -0.2) is 0 Å². The van der Waals surface area contributed by atoms with E-state index >= 15 is 0 Å². The Bertz CT molecular complexity index is 948. The summed E-state index contributed by atoms with van der Waals surface area (Å²) in [6.45, 7) is 3.77. The number of hydrogen-bond donors (Lipinski definition) is 3. The van der Waals surface area contributed by atoms with Crippen LogP contribution < -0.4 is 16.0 Å². The number of nitrogens with zero attached hydrogens (tertiary/aromatic N) is 1. The molecule has 1 aliphatic rings. The van der Waals surface area contributed by atoms with E-state index in [1.807, 2.05) is 36.4 Å². The van der Waals surface area contributed by atoms with Gasteiger partial charge in [0.25, 0.3) is 11.9 Å². The van der Waals surface area contributed by atoms with Crippen molar-refractivity contribution in [3.05, 3.63) is 59.7 Å². The maximum absolute atomic E-state index is 12.0. The number of fused-ring (bicyclic) bond motifs is 1. The van der Waals surface area contributed by atoms with E-state index in [1.165, 1.54) is 12.0 Å². The Morgan fingerprint density at radius 3 is 2.87 bits per heavy atom. The number of nitrogens with one attached hydrogen (secondary N) is 3. The van der Waals surface area contributed by atoms with Crippen LogP contribution in [0.25, 0.3) is 11.1 Å². The van der Waals surface area contributed by atoms with Gasteiger partial charge in [-0.15, -0.1) is 0 Å². The number of hydrogen-bond acceptors (Lipinski definition) is 5. The van der Waals surface area contributed by atoms with Gasteiger partial charge in [-0.1, -0.05) is 30.7 Å². The van der Waals surface area contributed by atoms with Crippen LogP contribution in [-0.4, -0.2) is 37.1 Å². The first kappa shape index (κ1) is 20.4. The van der Waals surface area contributed by atoms with Gasteiger partial charge in [0.05, 0.1) is 0 Å². The van der Waals surface area contributed by atoms with Crippen LogP contribution >= 0.6 is 0 Å². The van der Waals surface area contributed by atoms with Gasteiger partial charge in [0.15, 0.2) is 5.58 Å². The van der Waals surface area contributed by atoms with Gasteiger partial charge in [-0.05, 0) is 74.5 Å². The van der Waals surface area contributed by atoms with E-state index in [4.69, 9.17) is 4.42 Å². The lowest BCUT2D eigenvalue weighted by molar-refractivity contribution is 0.0953. The molecule has 1 saturated heterocycles. The SMILES string of the molecule is O=C(NCCCCCc1ccc2nc(NC[C@H]3CCNC3)oc2c1)c1ccccc1. The topological polar surface area (TPSA) is 79.2 Å². The molecule has 4 rings (SSSR count). The first-order chi connectivity index (χ1) is 14.8. The van der Waals surface area contributed by atoms with Gasteiger partial charge in [-0.2, -0.15) is 4.98 Å². The molecule has 1 aromatic heterocycles. The third-order valence-electron chi connectivity index (χ3n) is 5.62. The van der Waals surface area contributed by atoms with Crippen LogP contribution in [0.2, 0.25) is 0 Å². The second-order valence-corrected chi connectivity index (χ2v) is 7.99. The summed E-state index contributed by atoms with van der Waals surface area (Å²) in [7, 11) is 0. The van der Waals surface area contributed by atoms with Crippen molar-refractivity contribution in [1.29, 1.82) is 0 Å². The largest absolute Gasteiger partial charge is 0.424 e. The van der Waals surface area contributed by atoms with Crippen molar-refractivity contribution in [1.82, 2.24) is 15.6 Å². The van der Waals surface area contributed by atoms with Crippen molar-refractivity contribution in [2.24, 2.45) is 5.92 Å². The molecule has 3 aromatic rings. The summed E-state index contributed by atoms with van der Waals surface area (Å²) in [5, 5.41) is 9.69. The van der Waals surface area contributed by atoms with Crippen LogP contribution in [0.15, 0.2) is 52.9 Å². The molecule has 0 bridgehead atoms. The Morgan fingerprint density at radius 2 is 2.03 bits per heavy atom. The number of amides is 1. The number of carbonyl (C=O) groups excluding carboxylic acids is 1. The van der Waals surface area contributed by atoms with E-state index in [-0.39, 0.29) is 5.91 Å². The second kappa shape index (κ2) is 10.3. The van der Waals surface area contributed by atoms with Crippen molar-refractivity contribution in [2.75, 3.05) is 31.5 Å². The normalized spacial score (nSPS) is 16.1. The number of aromatic nitrogens is 1. The number of rotatable bonds is 10. The zero-order chi connectivity index (χ0) is 20.6. The molecule has 2 heterocycles. The average molecular weight is 407 g/mol. The number of benzene rings is 2. The highest BCUT2D eigenvalue weighted by Gasteiger charge is 2.15. The van der Waals surface area contributed by atoms with Crippen molar-refractivity contribution >= 4 is 23.0 Å². The summed E-state index contributed by atoms with van der Waals surface area (Å²) in [6.07, 6.45) is 5.34. The van der Waals surface area contributed by atoms with Crippen molar-refractivity contribution in [3.8, 4) is 0 Å². The summed E-state index contributed by atoms with van der Waals surface area (Å²) >= 11 is 0. The van der Waals surface area contributed by atoms with Crippen molar-refractivity contribution in [3.63, 3.8) is 0 Å². The standard InChI is InChI=1S/C24H30N4O2/c29-23(20-8-4-1-5-9-20)26-13-6-2-3-7-18-10-11-21-22(15-18)30-24(28-21)27-17-19-12-14-25-16-19/h1,4-5,8-11,15,19,25H,2-3,6-7,12-14,16-17H2,(H,26,29)(H,27,28)/t19-/m0/s1. The lowest BCUT2D eigenvalue weighted by Gasteiger charge is -2.07. The van der Waals surface area contributed by atoms with E-state index in [0.29, 0.717) is 24.0 Å². The van der Waals surface area contributed by atoms with Crippen LogP contribution in [0.4, 0.5) is 6.01 Å². The molecule has 0 unspecified atom stereocenters. The molecule has 1 atom stereocenters. The molecule has 6 nitrogen and oxygen atoms in total. The van der Waals surface area contributed by atoms with Gasteiger partial charge in [0.2, 0.25) is 0 Å². The maximum Gasteiger partial charge on any atom is 0.295 e. The highest BCUT2D eigenvalue weighted by molar-refractivity contribution is 5.94. The minimum atomic E-state index is -0.0000197. The van der Waals surface area contributed by atoms with Gasteiger partial charge in [-0.3, -0.25) is 4.79 Å². The highest BCUT2D eigenvalue weighted by atomic mass is 16.4. The Hall–Kier alpha value is -2.86. The quantitative estimate of drug-likeness (QED) is 0.444. The Kier molecular flexibility index (Phi) is 6.98. The molecule has 0 saturated carbocycles. The predicted molar refractivity (Wildman–Crippen MR) is 120 cm³/mol. The van der Waals surface area contributed by atoms with Gasteiger partial charge in [0.1, 0.15) is 5.52 Å². The molecule has 3 N–H and O–H groups in total. The number of oxazole rings is 1. The lowest BCUT2D eigenvalue weighted by Crippen LogP contribution is -2.24. The van der Waals surface area contributed by atoms with E-state index < -0.39 is 0 Å². The molecule has 30 heavy (non-hydrogen) atoms. The summed E-state index contributed by atoms with van der Waals surface area (Å²) in [5.74, 6) is 0.646.